The molecule has 0 aliphatic heterocycles. The molecule has 2 amide bonds. The van der Waals surface area contributed by atoms with E-state index in [2.05, 4.69) is 15.8 Å². The zero-order valence-corrected chi connectivity index (χ0v) is 14.7. The topological polar surface area (TPSA) is 85.2 Å². The smallest absolute Gasteiger partial charge is 0.245 e. The SMILES string of the molecule is COc1cccc(CC(=O)NNC(=O)Cc2nc3ccccc3n2C)c1. The fraction of sp³-hybridized carbons (Fsp3) is 0.211. The fourth-order valence-electron chi connectivity index (χ4n) is 2.69. The van der Waals surface area contributed by atoms with Crippen molar-refractivity contribution >= 4 is 22.8 Å². The second-order valence-electron chi connectivity index (χ2n) is 5.88. The first-order chi connectivity index (χ1) is 12.6. The first kappa shape index (κ1) is 17.5. The van der Waals surface area contributed by atoms with E-state index in [1.807, 2.05) is 48.0 Å². The second kappa shape index (κ2) is 7.69. The molecule has 26 heavy (non-hydrogen) atoms. The average Bonchev–Trinajstić information content (AvgIpc) is 2.96. The minimum absolute atomic E-state index is 0.0740. The zero-order valence-electron chi connectivity index (χ0n) is 14.7. The van der Waals surface area contributed by atoms with E-state index in [1.54, 1.807) is 19.2 Å². The molecule has 0 unspecified atom stereocenters. The van der Waals surface area contributed by atoms with Crippen LogP contribution in [-0.2, 0) is 29.5 Å². The molecule has 0 saturated heterocycles. The maximum absolute atomic E-state index is 12.1. The maximum Gasteiger partial charge on any atom is 0.245 e. The number of aryl methyl sites for hydroxylation is 1. The summed E-state index contributed by atoms with van der Waals surface area (Å²) in [6.45, 7) is 0. The molecule has 134 valence electrons. The summed E-state index contributed by atoms with van der Waals surface area (Å²) >= 11 is 0. The number of nitrogens with one attached hydrogen (secondary N) is 2. The van der Waals surface area contributed by atoms with Gasteiger partial charge in [-0.2, -0.15) is 0 Å². The fourth-order valence-corrected chi connectivity index (χ4v) is 2.69. The number of benzene rings is 2. The van der Waals surface area contributed by atoms with Crippen LogP contribution >= 0.6 is 0 Å². The molecule has 0 spiro atoms. The number of rotatable bonds is 5. The highest BCUT2D eigenvalue weighted by Crippen LogP contribution is 2.14. The quantitative estimate of drug-likeness (QED) is 0.682. The molecule has 2 aromatic carbocycles. The number of ether oxygens (including phenoxy) is 1. The first-order valence-corrected chi connectivity index (χ1v) is 8.18. The van der Waals surface area contributed by atoms with Gasteiger partial charge in [0.25, 0.3) is 0 Å². The van der Waals surface area contributed by atoms with Crippen molar-refractivity contribution in [3.63, 3.8) is 0 Å². The van der Waals surface area contributed by atoms with E-state index in [0.717, 1.165) is 16.6 Å². The van der Waals surface area contributed by atoms with Crippen molar-refractivity contribution in [2.75, 3.05) is 7.11 Å². The van der Waals surface area contributed by atoms with Crippen LogP contribution in [0.25, 0.3) is 11.0 Å². The third-order valence-electron chi connectivity index (χ3n) is 4.04. The van der Waals surface area contributed by atoms with Crippen LogP contribution in [0.1, 0.15) is 11.4 Å². The lowest BCUT2D eigenvalue weighted by molar-refractivity contribution is -0.128. The van der Waals surface area contributed by atoms with Gasteiger partial charge in [0.05, 0.1) is 31.0 Å². The number of carbonyl (C=O) groups is 2. The van der Waals surface area contributed by atoms with E-state index in [-0.39, 0.29) is 24.7 Å². The molecule has 3 aromatic rings. The predicted octanol–water partition coefficient (Wildman–Crippen LogP) is 1.51. The molecule has 0 aliphatic carbocycles. The number of para-hydroxylation sites is 2. The Bertz CT molecular complexity index is 949. The highest BCUT2D eigenvalue weighted by molar-refractivity contribution is 5.85. The van der Waals surface area contributed by atoms with Crippen molar-refractivity contribution in [1.29, 1.82) is 0 Å². The Kier molecular flexibility index (Phi) is 5.17. The van der Waals surface area contributed by atoms with Crippen molar-refractivity contribution < 1.29 is 14.3 Å². The van der Waals surface area contributed by atoms with Crippen LogP contribution in [0.4, 0.5) is 0 Å². The summed E-state index contributed by atoms with van der Waals surface area (Å²) in [7, 11) is 3.43. The van der Waals surface area contributed by atoms with Crippen LogP contribution in [0.15, 0.2) is 48.5 Å². The van der Waals surface area contributed by atoms with Gasteiger partial charge < -0.3 is 9.30 Å². The number of amides is 2. The largest absolute Gasteiger partial charge is 0.497 e. The summed E-state index contributed by atoms with van der Waals surface area (Å²) in [5, 5.41) is 0. The number of nitrogens with zero attached hydrogens (tertiary/aromatic N) is 2. The Morgan fingerprint density at radius 3 is 2.50 bits per heavy atom. The molecule has 7 nitrogen and oxygen atoms in total. The lowest BCUT2D eigenvalue weighted by Crippen LogP contribution is -2.43. The number of hydrogen-bond donors (Lipinski definition) is 2. The van der Waals surface area contributed by atoms with E-state index in [4.69, 9.17) is 4.74 Å². The number of methoxy groups -OCH3 is 1. The van der Waals surface area contributed by atoms with Gasteiger partial charge in [0.1, 0.15) is 11.6 Å². The van der Waals surface area contributed by atoms with E-state index < -0.39 is 0 Å². The molecular weight excluding hydrogens is 332 g/mol. The molecule has 3 rings (SSSR count). The van der Waals surface area contributed by atoms with Crippen molar-refractivity contribution in [3.05, 3.63) is 59.9 Å². The van der Waals surface area contributed by atoms with Gasteiger partial charge in [0, 0.05) is 7.05 Å². The summed E-state index contributed by atoms with van der Waals surface area (Å²) in [5.41, 5.74) is 7.44. The van der Waals surface area contributed by atoms with Crippen molar-refractivity contribution in [1.82, 2.24) is 20.4 Å². The van der Waals surface area contributed by atoms with Crippen LogP contribution in [-0.4, -0.2) is 28.5 Å². The Labute approximate surface area is 151 Å². The van der Waals surface area contributed by atoms with Gasteiger partial charge in [0.15, 0.2) is 0 Å². The molecular formula is C19H20N4O3. The number of aromatic nitrogens is 2. The molecule has 1 heterocycles. The van der Waals surface area contributed by atoms with Gasteiger partial charge in [-0.25, -0.2) is 4.98 Å². The third kappa shape index (κ3) is 4.00. The first-order valence-electron chi connectivity index (χ1n) is 8.18. The minimum atomic E-state index is -0.331. The second-order valence-corrected chi connectivity index (χ2v) is 5.88. The summed E-state index contributed by atoms with van der Waals surface area (Å²) in [6, 6.07) is 14.9. The minimum Gasteiger partial charge on any atom is -0.497 e. The highest BCUT2D eigenvalue weighted by atomic mass is 16.5. The average molecular weight is 352 g/mol. The Hall–Kier alpha value is -3.35. The lowest BCUT2D eigenvalue weighted by Gasteiger charge is -2.08. The number of fused-ring (bicyclic) bond motifs is 1. The highest BCUT2D eigenvalue weighted by Gasteiger charge is 2.12. The van der Waals surface area contributed by atoms with Gasteiger partial charge in [0.2, 0.25) is 11.8 Å². The Morgan fingerprint density at radius 2 is 1.77 bits per heavy atom. The van der Waals surface area contributed by atoms with Crippen molar-refractivity contribution in [2.24, 2.45) is 7.05 Å². The summed E-state index contributed by atoms with van der Waals surface area (Å²) in [5.74, 6) is 0.672. The number of hydrazine groups is 1. The molecule has 0 aliphatic rings. The molecule has 0 fully saturated rings. The molecule has 0 radical (unpaired) electrons. The lowest BCUT2D eigenvalue weighted by atomic mass is 10.1. The van der Waals surface area contributed by atoms with E-state index in [1.165, 1.54) is 0 Å². The van der Waals surface area contributed by atoms with Crippen LogP contribution in [0.2, 0.25) is 0 Å². The van der Waals surface area contributed by atoms with E-state index in [9.17, 15) is 9.59 Å². The molecule has 0 bridgehead atoms. The van der Waals surface area contributed by atoms with Gasteiger partial charge >= 0.3 is 0 Å². The van der Waals surface area contributed by atoms with Crippen molar-refractivity contribution in [3.8, 4) is 5.75 Å². The monoisotopic (exact) mass is 352 g/mol. The normalized spacial score (nSPS) is 10.5. The van der Waals surface area contributed by atoms with E-state index >= 15 is 0 Å². The summed E-state index contributed by atoms with van der Waals surface area (Å²) in [6.07, 6.45) is 0.217. The molecule has 0 saturated carbocycles. The maximum atomic E-state index is 12.1. The zero-order chi connectivity index (χ0) is 18.5. The van der Waals surface area contributed by atoms with Crippen LogP contribution in [0, 0.1) is 0 Å². The number of imidazole rings is 1. The van der Waals surface area contributed by atoms with Gasteiger partial charge in [-0.15, -0.1) is 0 Å². The molecule has 7 heteroatoms. The molecule has 0 atom stereocenters. The summed E-state index contributed by atoms with van der Waals surface area (Å²) < 4.78 is 6.99. The molecule has 1 aromatic heterocycles. The van der Waals surface area contributed by atoms with Crippen LogP contribution < -0.4 is 15.6 Å². The predicted molar refractivity (Wildman–Crippen MR) is 97.4 cm³/mol. The third-order valence-corrected chi connectivity index (χ3v) is 4.04. The van der Waals surface area contributed by atoms with Crippen LogP contribution in [0.5, 0.6) is 5.75 Å². The van der Waals surface area contributed by atoms with Crippen molar-refractivity contribution in [2.45, 2.75) is 12.8 Å². The standard InChI is InChI=1S/C19H20N4O3/c1-23-16-9-4-3-8-15(16)20-17(23)12-19(25)22-21-18(24)11-13-6-5-7-14(10-13)26-2/h3-10H,11-12H2,1-2H3,(H,21,24)(H,22,25). The van der Waals surface area contributed by atoms with Crippen LogP contribution in [0.3, 0.4) is 0 Å². The van der Waals surface area contributed by atoms with Gasteiger partial charge in [-0.1, -0.05) is 24.3 Å². The number of hydrogen-bond acceptors (Lipinski definition) is 4. The summed E-state index contributed by atoms with van der Waals surface area (Å²) in [4.78, 5) is 28.5. The van der Waals surface area contributed by atoms with E-state index in [0.29, 0.717) is 11.6 Å². The number of carbonyl (C=O) groups excluding carboxylic acids is 2. The Morgan fingerprint density at radius 1 is 1.04 bits per heavy atom. The van der Waals surface area contributed by atoms with Gasteiger partial charge in [-0.05, 0) is 29.8 Å². The molecule has 2 N–H and O–H groups in total. The Balaban J connectivity index is 1.54. The van der Waals surface area contributed by atoms with Gasteiger partial charge in [-0.3, -0.25) is 20.4 Å².